The Morgan fingerprint density at radius 3 is 2.32 bits per heavy atom. The van der Waals surface area contributed by atoms with Gasteiger partial charge in [0.2, 0.25) is 5.91 Å². The summed E-state index contributed by atoms with van der Waals surface area (Å²) < 4.78 is 0. The fraction of sp³-hybridized carbons (Fsp3) is 0.769. The number of nitrogens with one attached hydrogen (secondary N) is 2. The van der Waals surface area contributed by atoms with Crippen molar-refractivity contribution in [1.29, 1.82) is 0 Å². The van der Waals surface area contributed by atoms with Crippen LogP contribution < -0.4 is 10.6 Å². The molecule has 1 saturated carbocycles. The van der Waals surface area contributed by atoms with Gasteiger partial charge in [-0.1, -0.05) is 20.3 Å². The van der Waals surface area contributed by atoms with Crippen LogP contribution in [0.3, 0.4) is 0 Å². The lowest BCUT2D eigenvalue weighted by Crippen LogP contribution is -2.43. The average Bonchev–Trinajstić information content (AvgIpc) is 2.10. The second-order valence-corrected chi connectivity index (χ2v) is 5.97. The minimum Gasteiger partial charge on any atom is -0.481 e. The van der Waals surface area contributed by atoms with Crippen LogP contribution in [0.5, 0.6) is 0 Å². The van der Waals surface area contributed by atoms with E-state index < -0.39 is 23.3 Å². The van der Waals surface area contributed by atoms with Gasteiger partial charge in [0, 0.05) is 13.0 Å². The van der Waals surface area contributed by atoms with Gasteiger partial charge in [0.25, 0.3) is 0 Å². The van der Waals surface area contributed by atoms with Crippen LogP contribution in [-0.2, 0) is 9.59 Å². The Labute approximate surface area is 112 Å². The van der Waals surface area contributed by atoms with Gasteiger partial charge in [-0.2, -0.15) is 0 Å². The Bertz CT molecular complexity index is 362. The fourth-order valence-electron chi connectivity index (χ4n) is 2.06. The molecule has 1 aliphatic rings. The molecule has 0 spiro atoms. The van der Waals surface area contributed by atoms with E-state index in [9.17, 15) is 14.4 Å². The first-order chi connectivity index (χ1) is 8.78. The normalized spacial score (nSPS) is 15.5. The Hall–Kier alpha value is -1.59. The van der Waals surface area contributed by atoms with E-state index in [0.29, 0.717) is 12.5 Å². The van der Waals surface area contributed by atoms with Crippen molar-refractivity contribution in [3.63, 3.8) is 0 Å². The lowest BCUT2D eigenvalue weighted by Gasteiger charge is -2.25. The van der Waals surface area contributed by atoms with E-state index in [4.69, 9.17) is 5.11 Å². The minimum atomic E-state index is -0.952. The van der Waals surface area contributed by atoms with E-state index >= 15 is 0 Å². The van der Waals surface area contributed by atoms with Crippen LogP contribution in [-0.4, -0.2) is 29.6 Å². The third kappa shape index (κ3) is 6.22. The molecule has 3 amide bonds. The summed E-state index contributed by atoms with van der Waals surface area (Å²) >= 11 is 0. The van der Waals surface area contributed by atoms with Gasteiger partial charge in [-0.3, -0.25) is 14.9 Å². The van der Waals surface area contributed by atoms with E-state index in [2.05, 4.69) is 10.6 Å². The number of amides is 3. The summed E-state index contributed by atoms with van der Waals surface area (Å²) in [6, 6.07) is -0.497. The quantitative estimate of drug-likeness (QED) is 0.681. The summed E-state index contributed by atoms with van der Waals surface area (Å²) in [4.78, 5) is 33.7. The summed E-state index contributed by atoms with van der Waals surface area (Å²) in [6.07, 6.45) is 3.36. The Morgan fingerprint density at radius 1 is 1.21 bits per heavy atom. The Balaban J connectivity index is 2.25. The first kappa shape index (κ1) is 15.5. The Morgan fingerprint density at radius 2 is 1.84 bits per heavy atom. The topological polar surface area (TPSA) is 95.5 Å². The van der Waals surface area contributed by atoms with Crippen molar-refractivity contribution in [2.45, 2.75) is 46.0 Å². The number of carbonyl (C=O) groups is 3. The van der Waals surface area contributed by atoms with Gasteiger partial charge in [-0.15, -0.1) is 0 Å². The molecule has 0 bridgehead atoms. The molecule has 0 aromatic rings. The van der Waals surface area contributed by atoms with E-state index in [1.54, 1.807) is 13.8 Å². The second-order valence-electron chi connectivity index (χ2n) is 5.97. The Kier molecular flexibility index (Phi) is 5.32. The monoisotopic (exact) mass is 270 g/mol. The molecular formula is C13H22N2O4. The van der Waals surface area contributed by atoms with E-state index in [0.717, 1.165) is 12.8 Å². The second kappa shape index (κ2) is 6.54. The number of hydrogen-bond acceptors (Lipinski definition) is 3. The third-order valence-electron chi connectivity index (χ3n) is 3.30. The number of urea groups is 1. The van der Waals surface area contributed by atoms with Crippen molar-refractivity contribution < 1.29 is 19.5 Å². The van der Waals surface area contributed by atoms with E-state index in [-0.39, 0.29) is 12.8 Å². The van der Waals surface area contributed by atoms with Crippen molar-refractivity contribution in [3.8, 4) is 0 Å². The third-order valence-corrected chi connectivity index (χ3v) is 3.30. The van der Waals surface area contributed by atoms with Crippen molar-refractivity contribution in [2.75, 3.05) is 6.54 Å². The smallest absolute Gasteiger partial charge is 0.321 e. The molecule has 0 heterocycles. The van der Waals surface area contributed by atoms with Crippen molar-refractivity contribution >= 4 is 17.9 Å². The lowest BCUT2D eigenvalue weighted by molar-refractivity contribution is -0.139. The van der Waals surface area contributed by atoms with Crippen molar-refractivity contribution in [1.82, 2.24) is 10.6 Å². The highest BCUT2D eigenvalue weighted by Gasteiger charge is 2.26. The van der Waals surface area contributed by atoms with Gasteiger partial charge in [0.15, 0.2) is 0 Å². The maximum atomic E-state index is 11.6. The highest BCUT2D eigenvalue weighted by Crippen LogP contribution is 2.25. The predicted octanol–water partition coefficient (Wildman–Crippen LogP) is 1.50. The maximum Gasteiger partial charge on any atom is 0.321 e. The molecule has 1 aliphatic carbocycles. The maximum absolute atomic E-state index is 11.6. The summed E-state index contributed by atoms with van der Waals surface area (Å²) in [7, 11) is 0. The van der Waals surface area contributed by atoms with Crippen LogP contribution in [0.4, 0.5) is 4.79 Å². The zero-order valence-electron chi connectivity index (χ0n) is 11.5. The van der Waals surface area contributed by atoms with Crippen LogP contribution in [0, 0.1) is 11.3 Å². The average molecular weight is 270 g/mol. The van der Waals surface area contributed by atoms with Crippen LogP contribution in [0.1, 0.15) is 46.0 Å². The fourth-order valence-corrected chi connectivity index (χ4v) is 2.06. The van der Waals surface area contributed by atoms with Gasteiger partial charge in [-0.05, 0) is 24.2 Å². The van der Waals surface area contributed by atoms with E-state index in [1.807, 2.05) is 0 Å². The zero-order valence-corrected chi connectivity index (χ0v) is 11.5. The SMILES string of the molecule is CC(C)(CC(=O)O)CC(=O)NC(=O)NCC1CCC1. The number of carbonyl (C=O) groups excluding carboxylic acids is 2. The molecule has 0 radical (unpaired) electrons. The first-order valence-corrected chi connectivity index (χ1v) is 6.58. The zero-order chi connectivity index (χ0) is 14.5. The molecule has 108 valence electrons. The molecular weight excluding hydrogens is 248 g/mol. The standard InChI is InChI=1S/C13H22N2O4/c1-13(2,7-11(17)18)6-10(16)15-12(19)14-8-9-4-3-5-9/h9H,3-8H2,1-2H3,(H,17,18)(H2,14,15,16,19). The molecule has 0 aliphatic heterocycles. The molecule has 3 N–H and O–H groups in total. The molecule has 19 heavy (non-hydrogen) atoms. The molecule has 0 saturated heterocycles. The highest BCUT2D eigenvalue weighted by atomic mass is 16.4. The van der Waals surface area contributed by atoms with Gasteiger partial charge >= 0.3 is 12.0 Å². The molecule has 1 rings (SSSR count). The van der Waals surface area contributed by atoms with Gasteiger partial charge in [0.05, 0.1) is 6.42 Å². The van der Waals surface area contributed by atoms with Crippen molar-refractivity contribution in [3.05, 3.63) is 0 Å². The highest BCUT2D eigenvalue weighted by molar-refractivity contribution is 5.94. The number of rotatable bonds is 6. The van der Waals surface area contributed by atoms with Gasteiger partial charge in [-0.25, -0.2) is 4.79 Å². The number of carboxylic acids is 1. The summed E-state index contributed by atoms with van der Waals surface area (Å²) in [5.41, 5.74) is -0.663. The summed E-state index contributed by atoms with van der Waals surface area (Å²) in [6.45, 7) is 3.97. The van der Waals surface area contributed by atoms with Crippen LogP contribution >= 0.6 is 0 Å². The van der Waals surface area contributed by atoms with Gasteiger partial charge < -0.3 is 10.4 Å². The number of imide groups is 1. The molecule has 6 heteroatoms. The number of carboxylic acid groups (broad SMARTS) is 1. The molecule has 0 aromatic heterocycles. The molecule has 1 fully saturated rings. The summed E-state index contributed by atoms with van der Waals surface area (Å²) in [5, 5.41) is 13.6. The van der Waals surface area contributed by atoms with Crippen LogP contribution in [0.15, 0.2) is 0 Å². The molecule has 0 atom stereocenters. The van der Waals surface area contributed by atoms with Crippen LogP contribution in [0.2, 0.25) is 0 Å². The van der Waals surface area contributed by atoms with Gasteiger partial charge in [0.1, 0.15) is 0 Å². The molecule has 6 nitrogen and oxygen atoms in total. The first-order valence-electron chi connectivity index (χ1n) is 6.58. The largest absolute Gasteiger partial charge is 0.481 e. The molecule has 0 aromatic carbocycles. The van der Waals surface area contributed by atoms with E-state index in [1.165, 1.54) is 6.42 Å². The minimum absolute atomic E-state index is 0.0101. The summed E-state index contributed by atoms with van der Waals surface area (Å²) in [5.74, 6) is -0.867. The number of hydrogen-bond donors (Lipinski definition) is 3. The lowest BCUT2D eigenvalue weighted by atomic mass is 9.85. The van der Waals surface area contributed by atoms with Crippen LogP contribution in [0.25, 0.3) is 0 Å². The van der Waals surface area contributed by atoms with Crippen molar-refractivity contribution in [2.24, 2.45) is 11.3 Å². The molecule has 0 unspecified atom stereocenters. The predicted molar refractivity (Wildman–Crippen MR) is 69.5 cm³/mol. The number of aliphatic carboxylic acids is 1.